The number of hydrazine groups is 1. The Hall–Kier alpha value is -1.55. The molecule has 3 nitrogen and oxygen atoms in total. The van der Waals surface area contributed by atoms with Crippen molar-refractivity contribution in [2.24, 2.45) is 5.84 Å². The second kappa shape index (κ2) is 5.83. The van der Waals surface area contributed by atoms with Gasteiger partial charge in [-0.25, -0.2) is 0 Å². The van der Waals surface area contributed by atoms with Crippen LogP contribution in [0.2, 0.25) is 5.02 Å². The second-order valence-corrected chi connectivity index (χ2v) is 5.35. The van der Waals surface area contributed by atoms with Gasteiger partial charge in [0.15, 0.2) is 0 Å². The predicted octanol–water partition coefficient (Wildman–Crippen LogP) is 3.41. The molecule has 1 aliphatic heterocycles. The van der Waals surface area contributed by atoms with Gasteiger partial charge in [0, 0.05) is 10.9 Å². The molecule has 0 saturated heterocycles. The SMILES string of the molecule is NNC(c1ccccc1Cl)C1CCOc2ccccc21. The van der Waals surface area contributed by atoms with E-state index in [2.05, 4.69) is 11.5 Å². The number of hydrogen-bond donors (Lipinski definition) is 2. The Bertz CT molecular complexity index is 603. The van der Waals surface area contributed by atoms with Crippen molar-refractivity contribution in [2.45, 2.75) is 18.4 Å². The van der Waals surface area contributed by atoms with Crippen LogP contribution in [0.4, 0.5) is 0 Å². The first-order chi connectivity index (χ1) is 9.81. The monoisotopic (exact) mass is 288 g/mol. The van der Waals surface area contributed by atoms with Crippen LogP contribution in [-0.4, -0.2) is 6.61 Å². The summed E-state index contributed by atoms with van der Waals surface area (Å²) in [6.45, 7) is 0.699. The summed E-state index contributed by atoms with van der Waals surface area (Å²) >= 11 is 6.32. The number of hydrogen-bond acceptors (Lipinski definition) is 3. The van der Waals surface area contributed by atoms with E-state index in [4.69, 9.17) is 22.2 Å². The van der Waals surface area contributed by atoms with Crippen LogP contribution in [0.25, 0.3) is 0 Å². The molecule has 0 aromatic heterocycles. The lowest BCUT2D eigenvalue weighted by molar-refractivity contribution is 0.246. The average Bonchev–Trinajstić information content (AvgIpc) is 2.50. The normalized spacial score (nSPS) is 19.0. The lowest BCUT2D eigenvalue weighted by atomic mass is 9.83. The quantitative estimate of drug-likeness (QED) is 0.672. The van der Waals surface area contributed by atoms with Gasteiger partial charge < -0.3 is 4.74 Å². The fourth-order valence-corrected chi connectivity index (χ4v) is 3.12. The molecule has 1 aliphatic rings. The molecule has 0 aliphatic carbocycles. The molecule has 3 N–H and O–H groups in total. The van der Waals surface area contributed by atoms with Gasteiger partial charge in [0.25, 0.3) is 0 Å². The Morgan fingerprint density at radius 1 is 1.15 bits per heavy atom. The second-order valence-electron chi connectivity index (χ2n) is 4.95. The Balaban J connectivity index is 2.01. The highest BCUT2D eigenvalue weighted by Gasteiger charge is 2.30. The highest BCUT2D eigenvalue weighted by Crippen LogP contribution is 2.42. The standard InChI is InChI=1S/C16H17ClN2O/c17-14-7-3-1-6-13(14)16(19-18)12-9-10-20-15-8-4-2-5-11(12)15/h1-8,12,16,19H,9-10,18H2. The number of halogens is 1. The van der Waals surface area contributed by atoms with Crippen LogP contribution in [-0.2, 0) is 0 Å². The van der Waals surface area contributed by atoms with Crippen molar-refractivity contribution < 1.29 is 4.74 Å². The molecule has 3 rings (SSSR count). The van der Waals surface area contributed by atoms with Crippen LogP contribution in [0, 0.1) is 0 Å². The molecule has 20 heavy (non-hydrogen) atoms. The Morgan fingerprint density at radius 3 is 2.70 bits per heavy atom. The molecule has 2 aromatic carbocycles. The van der Waals surface area contributed by atoms with Crippen LogP contribution < -0.4 is 16.0 Å². The van der Waals surface area contributed by atoms with Gasteiger partial charge in [-0.1, -0.05) is 48.0 Å². The average molecular weight is 289 g/mol. The van der Waals surface area contributed by atoms with Crippen LogP contribution in [0.15, 0.2) is 48.5 Å². The van der Waals surface area contributed by atoms with Crippen LogP contribution in [0.1, 0.15) is 29.5 Å². The minimum Gasteiger partial charge on any atom is -0.493 e. The lowest BCUT2D eigenvalue weighted by Crippen LogP contribution is -2.34. The lowest BCUT2D eigenvalue weighted by Gasteiger charge is -2.32. The molecule has 0 spiro atoms. The molecule has 4 heteroatoms. The highest BCUT2D eigenvalue weighted by molar-refractivity contribution is 6.31. The first-order valence-electron chi connectivity index (χ1n) is 6.73. The first kappa shape index (κ1) is 13.4. The Morgan fingerprint density at radius 2 is 1.90 bits per heavy atom. The van der Waals surface area contributed by atoms with Gasteiger partial charge in [-0.15, -0.1) is 0 Å². The van der Waals surface area contributed by atoms with E-state index in [0.717, 1.165) is 22.8 Å². The molecule has 2 aromatic rings. The zero-order valence-electron chi connectivity index (χ0n) is 11.1. The topological polar surface area (TPSA) is 47.3 Å². The molecule has 0 fully saturated rings. The van der Waals surface area contributed by atoms with Crippen molar-refractivity contribution in [1.29, 1.82) is 0 Å². The fourth-order valence-electron chi connectivity index (χ4n) is 2.87. The van der Waals surface area contributed by atoms with Crippen LogP contribution >= 0.6 is 11.6 Å². The van der Waals surface area contributed by atoms with E-state index in [1.54, 1.807) is 0 Å². The van der Waals surface area contributed by atoms with Crippen molar-refractivity contribution in [2.75, 3.05) is 6.61 Å². The van der Waals surface area contributed by atoms with E-state index in [1.165, 1.54) is 5.56 Å². The van der Waals surface area contributed by atoms with Crippen molar-refractivity contribution in [3.05, 3.63) is 64.7 Å². The molecule has 2 atom stereocenters. The summed E-state index contributed by atoms with van der Waals surface area (Å²) in [6, 6.07) is 15.9. The maximum absolute atomic E-state index is 6.32. The third-order valence-corrected chi connectivity index (χ3v) is 4.17. The van der Waals surface area contributed by atoms with E-state index in [1.807, 2.05) is 42.5 Å². The number of fused-ring (bicyclic) bond motifs is 1. The summed E-state index contributed by atoms with van der Waals surface area (Å²) in [5.41, 5.74) is 5.14. The van der Waals surface area contributed by atoms with Crippen LogP contribution in [0.5, 0.6) is 5.75 Å². The number of nitrogens with one attached hydrogen (secondary N) is 1. The van der Waals surface area contributed by atoms with Gasteiger partial charge in [-0.3, -0.25) is 11.3 Å². The number of rotatable bonds is 3. The summed E-state index contributed by atoms with van der Waals surface area (Å²) < 4.78 is 5.71. The van der Waals surface area contributed by atoms with Crippen molar-refractivity contribution >= 4 is 11.6 Å². The molecule has 104 valence electrons. The maximum atomic E-state index is 6.32. The van der Waals surface area contributed by atoms with Crippen molar-refractivity contribution in [3.63, 3.8) is 0 Å². The summed E-state index contributed by atoms with van der Waals surface area (Å²) in [6.07, 6.45) is 0.914. The van der Waals surface area contributed by atoms with Gasteiger partial charge in [-0.2, -0.15) is 0 Å². The van der Waals surface area contributed by atoms with Crippen molar-refractivity contribution in [1.82, 2.24) is 5.43 Å². The largest absolute Gasteiger partial charge is 0.493 e. The predicted molar refractivity (Wildman–Crippen MR) is 80.8 cm³/mol. The van der Waals surface area contributed by atoms with E-state index >= 15 is 0 Å². The number of benzene rings is 2. The van der Waals surface area contributed by atoms with E-state index in [-0.39, 0.29) is 12.0 Å². The van der Waals surface area contributed by atoms with E-state index in [9.17, 15) is 0 Å². The summed E-state index contributed by atoms with van der Waals surface area (Å²) in [4.78, 5) is 0. The van der Waals surface area contributed by atoms with Gasteiger partial charge in [-0.05, 0) is 29.7 Å². The minimum absolute atomic E-state index is 0.0197. The van der Waals surface area contributed by atoms with Gasteiger partial charge in [0.05, 0.1) is 12.6 Å². The summed E-state index contributed by atoms with van der Waals surface area (Å²) in [5.74, 6) is 7.01. The molecule has 1 heterocycles. The molecular weight excluding hydrogens is 272 g/mol. The molecular formula is C16H17ClN2O. The highest BCUT2D eigenvalue weighted by atomic mass is 35.5. The first-order valence-corrected chi connectivity index (χ1v) is 7.11. The zero-order valence-corrected chi connectivity index (χ0v) is 11.8. The molecule has 2 unspecified atom stereocenters. The smallest absolute Gasteiger partial charge is 0.122 e. The van der Waals surface area contributed by atoms with Gasteiger partial charge in [0.2, 0.25) is 0 Å². The Labute approximate surface area is 123 Å². The number of nitrogens with two attached hydrogens (primary N) is 1. The molecule has 0 amide bonds. The van der Waals surface area contributed by atoms with Crippen molar-refractivity contribution in [3.8, 4) is 5.75 Å². The maximum Gasteiger partial charge on any atom is 0.122 e. The summed E-state index contributed by atoms with van der Waals surface area (Å²) in [7, 11) is 0. The Kier molecular flexibility index (Phi) is 3.92. The third-order valence-electron chi connectivity index (χ3n) is 3.83. The van der Waals surface area contributed by atoms with E-state index in [0.29, 0.717) is 6.61 Å². The van der Waals surface area contributed by atoms with Gasteiger partial charge in [0.1, 0.15) is 5.75 Å². The number of para-hydroxylation sites is 1. The summed E-state index contributed by atoms with van der Waals surface area (Å²) in [5, 5.41) is 0.736. The number of ether oxygens (including phenoxy) is 1. The fraction of sp³-hybridized carbons (Fsp3) is 0.250. The molecule has 0 saturated carbocycles. The van der Waals surface area contributed by atoms with Crippen LogP contribution in [0.3, 0.4) is 0 Å². The van der Waals surface area contributed by atoms with Gasteiger partial charge >= 0.3 is 0 Å². The van der Waals surface area contributed by atoms with E-state index < -0.39 is 0 Å². The zero-order chi connectivity index (χ0) is 13.9. The third kappa shape index (κ3) is 2.40. The molecule has 0 radical (unpaired) electrons. The minimum atomic E-state index is -0.0197. The molecule has 0 bridgehead atoms.